The summed E-state index contributed by atoms with van der Waals surface area (Å²) in [6, 6.07) is 7.23. The highest BCUT2D eigenvalue weighted by atomic mass is 16.3. The van der Waals surface area contributed by atoms with Gasteiger partial charge in [0.05, 0.1) is 12.3 Å². The third-order valence-corrected chi connectivity index (χ3v) is 4.59. The molecule has 2 N–H and O–H groups in total. The first-order valence-corrected chi connectivity index (χ1v) is 8.99. The number of aliphatic hydroxyl groups is 1. The van der Waals surface area contributed by atoms with Crippen LogP contribution in [0.15, 0.2) is 40.8 Å². The number of aliphatic imine (C=N–C) groups is 1. The van der Waals surface area contributed by atoms with E-state index in [0.29, 0.717) is 17.2 Å². The van der Waals surface area contributed by atoms with Gasteiger partial charge in [-0.25, -0.2) is 15.0 Å². The molecule has 1 aliphatic heterocycles. The van der Waals surface area contributed by atoms with Crippen LogP contribution in [0, 0.1) is 11.8 Å². The molecule has 0 saturated carbocycles. The number of nitroso groups, excluding NO2 is 1. The molecule has 0 saturated heterocycles. The number of carbonyl (C=O) groups is 1. The number of aromatic nitrogens is 2. The van der Waals surface area contributed by atoms with Gasteiger partial charge in [0.25, 0.3) is 5.91 Å². The topological polar surface area (TPSA) is 120 Å². The van der Waals surface area contributed by atoms with Gasteiger partial charge in [0.2, 0.25) is 0 Å². The molecule has 1 aromatic heterocycles. The first-order valence-electron chi connectivity index (χ1n) is 8.99. The highest BCUT2D eigenvalue weighted by Crippen LogP contribution is 2.38. The lowest BCUT2D eigenvalue weighted by Gasteiger charge is -2.20. The van der Waals surface area contributed by atoms with Gasteiger partial charge < -0.3 is 15.3 Å². The summed E-state index contributed by atoms with van der Waals surface area (Å²) in [5, 5.41) is 14.3. The number of hydrogen-bond donors (Lipinski definition) is 2. The molecule has 0 spiro atoms. The van der Waals surface area contributed by atoms with E-state index in [0.717, 1.165) is 18.7 Å². The standard InChI is InChI=1S/C19H22N6O3/c1-12-17(23-13(2)19(27)20-9-15(10-26)24-28)18(22-11-21-12)25-8-7-14-5-3-4-6-16(14)25/h3-6,11,15,26H,7-10H2,1-2H3,(H,20,27). The van der Waals surface area contributed by atoms with Crippen LogP contribution in [0.1, 0.15) is 18.2 Å². The number of rotatable bonds is 7. The number of amides is 1. The predicted octanol–water partition coefficient (Wildman–Crippen LogP) is 1.82. The van der Waals surface area contributed by atoms with Crippen LogP contribution in [0.3, 0.4) is 0 Å². The summed E-state index contributed by atoms with van der Waals surface area (Å²) in [6.07, 6.45) is 2.39. The molecule has 1 amide bonds. The van der Waals surface area contributed by atoms with Crippen LogP contribution in [0.2, 0.25) is 0 Å². The minimum atomic E-state index is -0.879. The normalized spacial score (nSPS) is 14.5. The maximum absolute atomic E-state index is 12.3. The number of carbonyl (C=O) groups excluding carboxylic acids is 1. The van der Waals surface area contributed by atoms with E-state index in [-0.39, 0.29) is 12.3 Å². The number of hydrogen-bond acceptors (Lipinski definition) is 8. The van der Waals surface area contributed by atoms with Crippen molar-refractivity contribution in [3.63, 3.8) is 0 Å². The summed E-state index contributed by atoms with van der Waals surface area (Å²) >= 11 is 0. The molecular formula is C19H22N6O3. The molecule has 9 heteroatoms. The SMILES string of the molecule is CC(=Nc1c(C)ncnc1N1CCc2ccccc21)C(=O)NCC(CO)N=O. The maximum Gasteiger partial charge on any atom is 0.265 e. The molecule has 3 rings (SSSR count). The average molecular weight is 382 g/mol. The number of aryl methyl sites for hydroxylation is 1. The summed E-state index contributed by atoms with van der Waals surface area (Å²) in [6.45, 7) is 3.68. The summed E-state index contributed by atoms with van der Waals surface area (Å²) in [4.78, 5) is 38.0. The number of anilines is 2. The molecule has 146 valence electrons. The van der Waals surface area contributed by atoms with Crippen molar-refractivity contribution >= 4 is 28.8 Å². The Balaban J connectivity index is 1.88. The van der Waals surface area contributed by atoms with Gasteiger partial charge in [-0.3, -0.25) is 4.79 Å². The van der Waals surface area contributed by atoms with Gasteiger partial charge in [-0.2, -0.15) is 4.91 Å². The number of nitrogens with zero attached hydrogens (tertiary/aromatic N) is 5. The van der Waals surface area contributed by atoms with Crippen LogP contribution < -0.4 is 10.2 Å². The van der Waals surface area contributed by atoms with E-state index >= 15 is 0 Å². The fraction of sp³-hybridized carbons (Fsp3) is 0.368. The van der Waals surface area contributed by atoms with E-state index in [1.165, 1.54) is 11.9 Å². The van der Waals surface area contributed by atoms with Gasteiger partial charge in [-0.15, -0.1) is 0 Å². The molecule has 1 aromatic carbocycles. The third kappa shape index (κ3) is 4.04. The molecule has 0 fully saturated rings. The molecule has 1 aliphatic rings. The van der Waals surface area contributed by atoms with Gasteiger partial charge in [-0.05, 0) is 31.9 Å². The van der Waals surface area contributed by atoms with Gasteiger partial charge in [0.15, 0.2) is 5.82 Å². The summed E-state index contributed by atoms with van der Waals surface area (Å²) in [5.74, 6) is 0.200. The molecule has 28 heavy (non-hydrogen) atoms. The monoisotopic (exact) mass is 382 g/mol. The molecule has 2 heterocycles. The van der Waals surface area contributed by atoms with Gasteiger partial charge in [-0.1, -0.05) is 23.4 Å². The first kappa shape index (κ1) is 19.6. The predicted molar refractivity (Wildman–Crippen MR) is 106 cm³/mol. The van der Waals surface area contributed by atoms with Crippen LogP contribution in [-0.2, 0) is 11.2 Å². The molecule has 1 atom stereocenters. The van der Waals surface area contributed by atoms with Crippen LogP contribution >= 0.6 is 0 Å². The summed E-state index contributed by atoms with van der Waals surface area (Å²) in [5.41, 5.74) is 3.69. The highest BCUT2D eigenvalue weighted by molar-refractivity contribution is 6.38. The van der Waals surface area contributed by atoms with Crippen molar-refractivity contribution in [2.75, 3.05) is 24.6 Å². The minimum Gasteiger partial charge on any atom is -0.394 e. The smallest absolute Gasteiger partial charge is 0.265 e. The van der Waals surface area contributed by atoms with Crippen LogP contribution in [0.5, 0.6) is 0 Å². The second-order valence-electron chi connectivity index (χ2n) is 6.51. The van der Waals surface area contributed by atoms with E-state index in [1.807, 2.05) is 25.1 Å². The molecule has 0 radical (unpaired) electrons. The Morgan fingerprint density at radius 1 is 1.36 bits per heavy atom. The Morgan fingerprint density at radius 2 is 2.14 bits per heavy atom. The zero-order valence-corrected chi connectivity index (χ0v) is 15.8. The van der Waals surface area contributed by atoms with Crippen molar-refractivity contribution in [1.82, 2.24) is 15.3 Å². The average Bonchev–Trinajstić information content (AvgIpc) is 3.14. The van der Waals surface area contributed by atoms with E-state index < -0.39 is 18.6 Å². The zero-order valence-electron chi connectivity index (χ0n) is 15.8. The van der Waals surface area contributed by atoms with Gasteiger partial charge in [0, 0.05) is 18.8 Å². The van der Waals surface area contributed by atoms with Crippen molar-refractivity contribution in [2.24, 2.45) is 10.2 Å². The third-order valence-electron chi connectivity index (χ3n) is 4.59. The van der Waals surface area contributed by atoms with Crippen molar-refractivity contribution in [1.29, 1.82) is 0 Å². The number of benzene rings is 1. The van der Waals surface area contributed by atoms with E-state index in [2.05, 4.69) is 36.4 Å². The number of fused-ring (bicyclic) bond motifs is 1. The van der Waals surface area contributed by atoms with Crippen molar-refractivity contribution in [3.05, 3.63) is 46.8 Å². The van der Waals surface area contributed by atoms with E-state index in [9.17, 15) is 9.70 Å². The van der Waals surface area contributed by atoms with Crippen molar-refractivity contribution in [2.45, 2.75) is 26.3 Å². The first-order chi connectivity index (χ1) is 13.5. The maximum atomic E-state index is 12.3. The molecule has 0 bridgehead atoms. The Labute approximate surface area is 162 Å². The largest absolute Gasteiger partial charge is 0.394 e. The van der Waals surface area contributed by atoms with Crippen molar-refractivity contribution < 1.29 is 9.90 Å². The van der Waals surface area contributed by atoms with Gasteiger partial charge in [0.1, 0.15) is 23.8 Å². The fourth-order valence-electron chi connectivity index (χ4n) is 3.03. The lowest BCUT2D eigenvalue weighted by atomic mass is 10.2. The van der Waals surface area contributed by atoms with E-state index in [4.69, 9.17) is 5.11 Å². The Bertz CT molecular complexity index is 914. The number of para-hydroxylation sites is 1. The molecule has 1 unspecified atom stereocenters. The Kier molecular flexibility index (Phi) is 6.05. The fourth-order valence-corrected chi connectivity index (χ4v) is 3.03. The van der Waals surface area contributed by atoms with Gasteiger partial charge >= 0.3 is 0 Å². The zero-order chi connectivity index (χ0) is 20.1. The number of aliphatic hydroxyl groups excluding tert-OH is 1. The Morgan fingerprint density at radius 3 is 2.89 bits per heavy atom. The molecule has 2 aromatic rings. The number of nitrogens with one attached hydrogen (secondary N) is 1. The van der Waals surface area contributed by atoms with Crippen LogP contribution in [-0.4, -0.2) is 52.4 Å². The van der Waals surface area contributed by atoms with E-state index in [1.54, 1.807) is 6.92 Å². The molecular weight excluding hydrogens is 360 g/mol. The molecule has 0 aliphatic carbocycles. The minimum absolute atomic E-state index is 0.0533. The quantitative estimate of drug-likeness (QED) is 0.557. The lowest BCUT2D eigenvalue weighted by Crippen LogP contribution is -2.36. The summed E-state index contributed by atoms with van der Waals surface area (Å²) < 4.78 is 0. The molecule has 9 nitrogen and oxygen atoms in total. The van der Waals surface area contributed by atoms with Crippen LogP contribution in [0.25, 0.3) is 0 Å². The summed E-state index contributed by atoms with van der Waals surface area (Å²) in [7, 11) is 0. The van der Waals surface area contributed by atoms with Crippen molar-refractivity contribution in [3.8, 4) is 0 Å². The highest BCUT2D eigenvalue weighted by Gasteiger charge is 2.24. The Hall–Kier alpha value is -3.20. The second kappa shape index (κ2) is 8.66. The second-order valence-corrected chi connectivity index (χ2v) is 6.51. The lowest BCUT2D eigenvalue weighted by molar-refractivity contribution is -0.114. The van der Waals surface area contributed by atoms with Crippen LogP contribution in [0.4, 0.5) is 17.2 Å².